The smallest absolute Gasteiger partial charge is 0.338 e. The van der Waals surface area contributed by atoms with Gasteiger partial charge in [0.05, 0.1) is 12.2 Å². The van der Waals surface area contributed by atoms with Crippen molar-refractivity contribution in [1.29, 1.82) is 0 Å². The molecule has 0 atom stereocenters. The van der Waals surface area contributed by atoms with Crippen LogP contribution in [0.25, 0.3) is 0 Å². The molecule has 2 aromatic carbocycles. The lowest BCUT2D eigenvalue weighted by Crippen LogP contribution is -2.43. The zero-order valence-corrected chi connectivity index (χ0v) is 13.4. The van der Waals surface area contributed by atoms with Crippen molar-refractivity contribution in [3.8, 4) is 5.75 Å². The molecule has 0 aliphatic heterocycles. The molecule has 0 saturated carbocycles. The minimum atomic E-state index is -0.656. The van der Waals surface area contributed by atoms with Crippen LogP contribution in [0.4, 0.5) is 10.5 Å². The van der Waals surface area contributed by atoms with Crippen molar-refractivity contribution in [2.75, 3.05) is 11.9 Å². The van der Waals surface area contributed by atoms with Crippen LogP contribution in [0, 0.1) is 0 Å². The molecule has 0 aromatic heterocycles. The lowest BCUT2D eigenvalue weighted by atomic mass is 10.2. The molecule has 25 heavy (non-hydrogen) atoms. The molecule has 0 fully saturated rings. The number of nitrogens with one attached hydrogen (secondary N) is 3. The maximum atomic E-state index is 11.8. The van der Waals surface area contributed by atoms with E-state index in [4.69, 9.17) is 9.84 Å². The second-order valence-corrected chi connectivity index (χ2v) is 4.88. The van der Waals surface area contributed by atoms with E-state index in [1.54, 1.807) is 6.92 Å². The highest BCUT2D eigenvalue weighted by Gasteiger charge is 2.09. The summed E-state index contributed by atoms with van der Waals surface area (Å²) in [6, 6.07) is 11.0. The number of amides is 3. The SMILES string of the molecule is CCOC(=O)c1ccc(NC(=O)NNC(=O)c2ccc(O)cc2)cc1. The van der Waals surface area contributed by atoms with E-state index >= 15 is 0 Å². The molecular formula is C17H17N3O5. The number of aromatic hydroxyl groups is 1. The van der Waals surface area contributed by atoms with Gasteiger partial charge in [0.25, 0.3) is 5.91 Å². The number of hydrogen-bond acceptors (Lipinski definition) is 5. The predicted octanol–water partition coefficient (Wildman–Crippen LogP) is 2.04. The number of carbonyl (C=O) groups is 3. The molecule has 2 aromatic rings. The number of anilines is 1. The summed E-state index contributed by atoms with van der Waals surface area (Å²) in [4.78, 5) is 35.1. The van der Waals surface area contributed by atoms with Crippen LogP contribution in [0.15, 0.2) is 48.5 Å². The van der Waals surface area contributed by atoms with Crippen molar-refractivity contribution in [3.63, 3.8) is 0 Å². The molecule has 0 saturated heterocycles. The normalized spacial score (nSPS) is 9.80. The Morgan fingerprint density at radius 2 is 1.52 bits per heavy atom. The Hall–Kier alpha value is -3.55. The quantitative estimate of drug-likeness (QED) is 0.501. The lowest BCUT2D eigenvalue weighted by Gasteiger charge is -2.09. The van der Waals surface area contributed by atoms with E-state index in [1.807, 2.05) is 0 Å². The molecule has 0 aliphatic rings. The summed E-state index contributed by atoms with van der Waals surface area (Å²) >= 11 is 0. The highest BCUT2D eigenvalue weighted by Crippen LogP contribution is 2.11. The van der Waals surface area contributed by atoms with Gasteiger partial charge in [0.15, 0.2) is 0 Å². The maximum Gasteiger partial charge on any atom is 0.338 e. The third-order valence-electron chi connectivity index (χ3n) is 3.07. The molecule has 130 valence electrons. The van der Waals surface area contributed by atoms with Crippen molar-refractivity contribution in [3.05, 3.63) is 59.7 Å². The van der Waals surface area contributed by atoms with Gasteiger partial charge in [-0.1, -0.05) is 0 Å². The van der Waals surface area contributed by atoms with E-state index in [0.717, 1.165) is 0 Å². The van der Waals surface area contributed by atoms with Gasteiger partial charge in [0, 0.05) is 11.3 Å². The number of benzene rings is 2. The van der Waals surface area contributed by atoms with Gasteiger partial charge in [-0.3, -0.25) is 10.2 Å². The zero-order valence-electron chi connectivity index (χ0n) is 13.4. The van der Waals surface area contributed by atoms with Crippen LogP contribution < -0.4 is 16.2 Å². The number of esters is 1. The van der Waals surface area contributed by atoms with Gasteiger partial charge in [-0.25, -0.2) is 15.0 Å². The molecule has 0 unspecified atom stereocenters. The Labute approximate surface area is 143 Å². The van der Waals surface area contributed by atoms with E-state index < -0.39 is 17.9 Å². The Morgan fingerprint density at radius 1 is 0.920 bits per heavy atom. The summed E-state index contributed by atoms with van der Waals surface area (Å²) in [6.07, 6.45) is 0. The molecule has 0 radical (unpaired) electrons. The summed E-state index contributed by atoms with van der Waals surface area (Å²) in [5.74, 6) is -0.944. The van der Waals surface area contributed by atoms with E-state index in [0.29, 0.717) is 11.3 Å². The molecular weight excluding hydrogens is 326 g/mol. The Bertz CT molecular complexity index is 757. The third kappa shape index (κ3) is 5.24. The van der Waals surface area contributed by atoms with Crippen LogP contribution in [0.1, 0.15) is 27.6 Å². The summed E-state index contributed by atoms with van der Waals surface area (Å²) in [5.41, 5.74) is 5.50. The van der Waals surface area contributed by atoms with Crippen LogP contribution in [-0.4, -0.2) is 29.6 Å². The summed E-state index contributed by atoms with van der Waals surface area (Å²) in [5, 5.41) is 11.7. The van der Waals surface area contributed by atoms with Crippen LogP contribution in [0.5, 0.6) is 5.75 Å². The van der Waals surface area contributed by atoms with Crippen LogP contribution >= 0.6 is 0 Å². The standard InChI is InChI=1S/C17H17N3O5/c1-2-25-16(23)12-3-7-13(8-4-12)18-17(24)20-19-15(22)11-5-9-14(21)10-6-11/h3-10,21H,2H2,1H3,(H,19,22)(H2,18,20,24). The van der Waals surface area contributed by atoms with Crippen LogP contribution in [0.3, 0.4) is 0 Å². The van der Waals surface area contributed by atoms with E-state index in [9.17, 15) is 14.4 Å². The van der Waals surface area contributed by atoms with Crippen molar-refractivity contribution in [1.82, 2.24) is 10.9 Å². The van der Waals surface area contributed by atoms with Gasteiger partial charge in [-0.15, -0.1) is 0 Å². The van der Waals surface area contributed by atoms with Gasteiger partial charge in [-0.2, -0.15) is 0 Å². The second-order valence-electron chi connectivity index (χ2n) is 4.88. The third-order valence-corrected chi connectivity index (χ3v) is 3.07. The number of carbonyl (C=O) groups excluding carboxylic acids is 3. The summed E-state index contributed by atoms with van der Waals surface area (Å²) in [7, 11) is 0. The lowest BCUT2D eigenvalue weighted by molar-refractivity contribution is 0.0526. The molecule has 0 spiro atoms. The highest BCUT2D eigenvalue weighted by atomic mass is 16.5. The van der Waals surface area contributed by atoms with Crippen LogP contribution in [0.2, 0.25) is 0 Å². The monoisotopic (exact) mass is 343 g/mol. The molecule has 0 aliphatic carbocycles. The topological polar surface area (TPSA) is 117 Å². The maximum absolute atomic E-state index is 11.8. The minimum absolute atomic E-state index is 0.0357. The first-order valence-corrected chi connectivity index (χ1v) is 7.43. The van der Waals surface area contributed by atoms with Crippen molar-refractivity contribution in [2.45, 2.75) is 6.92 Å². The summed E-state index contributed by atoms with van der Waals surface area (Å²) in [6.45, 7) is 1.99. The molecule has 2 rings (SSSR count). The van der Waals surface area contributed by atoms with Gasteiger partial charge in [0.1, 0.15) is 5.75 Å². The number of phenolic OH excluding ortho intramolecular Hbond substituents is 1. The highest BCUT2D eigenvalue weighted by molar-refractivity contribution is 5.97. The molecule has 8 heteroatoms. The molecule has 0 bridgehead atoms. The average molecular weight is 343 g/mol. The number of rotatable bonds is 4. The predicted molar refractivity (Wildman–Crippen MR) is 90.1 cm³/mol. The second kappa shape index (κ2) is 8.34. The average Bonchev–Trinajstić information content (AvgIpc) is 2.61. The van der Waals surface area contributed by atoms with E-state index in [1.165, 1.54) is 48.5 Å². The first-order valence-electron chi connectivity index (χ1n) is 7.43. The Morgan fingerprint density at radius 3 is 2.12 bits per heavy atom. The Kier molecular flexibility index (Phi) is 5.94. The van der Waals surface area contributed by atoms with Gasteiger partial charge < -0.3 is 15.2 Å². The number of ether oxygens (including phenoxy) is 1. The van der Waals surface area contributed by atoms with Gasteiger partial charge in [-0.05, 0) is 55.5 Å². The first-order chi connectivity index (χ1) is 12.0. The molecule has 8 nitrogen and oxygen atoms in total. The molecule has 4 N–H and O–H groups in total. The van der Waals surface area contributed by atoms with Gasteiger partial charge in [0.2, 0.25) is 0 Å². The van der Waals surface area contributed by atoms with Crippen LogP contribution in [-0.2, 0) is 4.74 Å². The summed E-state index contributed by atoms with van der Waals surface area (Å²) < 4.78 is 4.86. The number of urea groups is 1. The molecule has 0 heterocycles. The largest absolute Gasteiger partial charge is 0.508 e. The van der Waals surface area contributed by atoms with Crippen molar-refractivity contribution >= 4 is 23.6 Å². The number of hydrazine groups is 1. The van der Waals surface area contributed by atoms with Gasteiger partial charge >= 0.3 is 12.0 Å². The number of phenols is 1. The van der Waals surface area contributed by atoms with E-state index in [2.05, 4.69) is 16.2 Å². The fourth-order valence-corrected chi connectivity index (χ4v) is 1.86. The first kappa shape index (κ1) is 17.8. The fraction of sp³-hybridized carbons (Fsp3) is 0.118. The number of hydrogen-bond donors (Lipinski definition) is 4. The minimum Gasteiger partial charge on any atom is -0.508 e. The Balaban J connectivity index is 1.84. The zero-order chi connectivity index (χ0) is 18.2. The van der Waals surface area contributed by atoms with Crippen molar-refractivity contribution in [2.24, 2.45) is 0 Å². The molecule has 3 amide bonds. The van der Waals surface area contributed by atoms with Crippen molar-refractivity contribution < 1.29 is 24.2 Å². The van der Waals surface area contributed by atoms with E-state index in [-0.39, 0.29) is 17.9 Å². The fourth-order valence-electron chi connectivity index (χ4n) is 1.86.